The van der Waals surface area contributed by atoms with Crippen molar-refractivity contribution < 1.29 is 9.18 Å². The first kappa shape index (κ1) is 18.5. The second-order valence-corrected chi connectivity index (χ2v) is 6.83. The second kappa shape index (κ2) is 8.92. The number of anilines is 1. The van der Waals surface area contributed by atoms with E-state index in [1.165, 1.54) is 17.7 Å². The van der Waals surface area contributed by atoms with Crippen LogP contribution in [-0.4, -0.2) is 47.9 Å². The molecule has 0 spiro atoms. The molecule has 1 aliphatic heterocycles. The van der Waals surface area contributed by atoms with E-state index >= 15 is 0 Å². The predicted molar refractivity (Wildman–Crippen MR) is 102 cm³/mol. The minimum atomic E-state index is -0.346. The molecule has 1 aliphatic rings. The number of nitrogens with zero attached hydrogens (tertiary/aromatic N) is 2. The van der Waals surface area contributed by atoms with Crippen molar-refractivity contribution in [1.82, 2.24) is 9.80 Å². The first-order valence-electron chi connectivity index (χ1n) is 9.18. The maximum atomic E-state index is 13.3. The number of benzene rings is 2. The van der Waals surface area contributed by atoms with E-state index in [-0.39, 0.29) is 17.8 Å². The summed E-state index contributed by atoms with van der Waals surface area (Å²) in [7, 11) is 0. The normalized spacial score (nSPS) is 17.5. The maximum Gasteiger partial charge on any atom is 0.241 e. The van der Waals surface area contributed by atoms with Crippen molar-refractivity contribution in [2.75, 3.05) is 31.5 Å². The molecule has 1 fully saturated rings. The summed E-state index contributed by atoms with van der Waals surface area (Å²) < 4.78 is 13.3. The number of rotatable bonds is 5. The van der Waals surface area contributed by atoms with E-state index in [0.29, 0.717) is 5.69 Å². The fraction of sp³-hybridized carbons (Fsp3) is 0.381. The number of amides is 1. The Morgan fingerprint density at radius 3 is 2.65 bits per heavy atom. The zero-order valence-electron chi connectivity index (χ0n) is 15.2. The van der Waals surface area contributed by atoms with Crippen molar-refractivity contribution in [1.29, 1.82) is 0 Å². The first-order valence-corrected chi connectivity index (χ1v) is 9.18. The molecule has 0 saturated carbocycles. The molecule has 4 nitrogen and oxygen atoms in total. The lowest BCUT2D eigenvalue weighted by atomic mass is 10.2. The molecule has 1 amide bonds. The number of carbonyl (C=O) groups is 1. The molecule has 0 aromatic heterocycles. The van der Waals surface area contributed by atoms with E-state index in [4.69, 9.17) is 0 Å². The Morgan fingerprint density at radius 2 is 1.88 bits per heavy atom. The van der Waals surface area contributed by atoms with Gasteiger partial charge in [-0.2, -0.15) is 0 Å². The highest BCUT2D eigenvalue weighted by atomic mass is 19.1. The summed E-state index contributed by atoms with van der Waals surface area (Å²) in [6.45, 7) is 6.57. The minimum absolute atomic E-state index is 0.0906. The lowest BCUT2D eigenvalue weighted by molar-refractivity contribution is -0.120. The number of hydrogen-bond donors (Lipinski definition) is 1. The first-order chi connectivity index (χ1) is 12.6. The molecule has 2 aromatic rings. The molecule has 1 saturated heterocycles. The van der Waals surface area contributed by atoms with Crippen LogP contribution in [0.5, 0.6) is 0 Å². The number of halogens is 1. The molecule has 0 radical (unpaired) electrons. The molecule has 2 aromatic carbocycles. The lowest BCUT2D eigenvalue weighted by Gasteiger charge is -2.27. The average molecular weight is 355 g/mol. The van der Waals surface area contributed by atoms with E-state index < -0.39 is 0 Å². The summed E-state index contributed by atoms with van der Waals surface area (Å²) in [6.07, 6.45) is 1.03. The smallest absolute Gasteiger partial charge is 0.241 e. The molecule has 26 heavy (non-hydrogen) atoms. The van der Waals surface area contributed by atoms with E-state index in [0.717, 1.165) is 39.1 Å². The Kier molecular flexibility index (Phi) is 6.36. The molecule has 1 unspecified atom stereocenters. The van der Waals surface area contributed by atoms with Crippen LogP contribution in [0.3, 0.4) is 0 Å². The summed E-state index contributed by atoms with van der Waals surface area (Å²) in [5, 5.41) is 2.82. The van der Waals surface area contributed by atoms with Crippen molar-refractivity contribution in [3.63, 3.8) is 0 Å². The van der Waals surface area contributed by atoms with Gasteiger partial charge in [0.05, 0.1) is 6.04 Å². The van der Waals surface area contributed by atoms with E-state index in [1.54, 1.807) is 12.1 Å². The third-order valence-corrected chi connectivity index (χ3v) is 4.89. The van der Waals surface area contributed by atoms with Crippen LogP contribution in [0.25, 0.3) is 0 Å². The summed E-state index contributed by atoms with van der Waals surface area (Å²) >= 11 is 0. The number of nitrogens with one attached hydrogen (secondary N) is 1. The summed E-state index contributed by atoms with van der Waals surface area (Å²) in [6, 6.07) is 16.2. The third-order valence-electron chi connectivity index (χ3n) is 4.89. The van der Waals surface area contributed by atoms with Gasteiger partial charge in [-0.05, 0) is 43.7 Å². The van der Waals surface area contributed by atoms with Crippen molar-refractivity contribution in [2.45, 2.75) is 25.9 Å². The topological polar surface area (TPSA) is 35.6 Å². The van der Waals surface area contributed by atoms with Crippen LogP contribution < -0.4 is 5.32 Å². The Bertz CT molecular complexity index is 722. The largest absolute Gasteiger partial charge is 0.325 e. The number of carbonyl (C=O) groups excluding carboxylic acids is 1. The minimum Gasteiger partial charge on any atom is -0.325 e. The highest BCUT2D eigenvalue weighted by Gasteiger charge is 2.24. The van der Waals surface area contributed by atoms with Gasteiger partial charge in [-0.1, -0.05) is 36.4 Å². The van der Waals surface area contributed by atoms with Gasteiger partial charge in [0.2, 0.25) is 5.91 Å². The summed E-state index contributed by atoms with van der Waals surface area (Å²) in [5.74, 6) is -0.436. The fourth-order valence-electron chi connectivity index (χ4n) is 3.36. The van der Waals surface area contributed by atoms with E-state index in [1.807, 2.05) is 13.0 Å². The molecule has 5 heteroatoms. The zero-order valence-corrected chi connectivity index (χ0v) is 15.2. The Labute approximate surface area is 154 Å². The van der Waals surface area contributed by atoms with Crippen LogP contribution in [0.15, 0.2) is 54.6 Å². The van der Waals surface area contributed by atoms with Crippen molar-refractivity contribution in [2.24, 2.45) is 0 Å². The predicted octanol–water partition coefficient (Wildman–Crippen LogP) is 3.36. The molecule has 1 atom stereocenters. The van der Waals surface area contributed by atoms with Gasteiger partial charge in [-0.3, -0.25) is 14.6 Å². The van der Waals surface area contributed by atoms with Gasteiger partial charge in [-0.25, -0.2) is 4.39 Å². The molecule has 3 rings (SSSR count). The van der Waals surface area contributed by atoms with Crippen LogP contribution >= 0.6 is 0 Å². The summed E-state index contributed by atoms with van der Waals surface area (Å²) in [5.41, 5.74) is 1.82. The van der Waals surface area contributed by atoms with Gasteiger partial charge in [0.25, 0.3) is 0 Å². The van der Waals surface area contributed by atoms with E-state index in [9.17, 15) is 9.18 Å². The zero-order chi connectivity index (χ0) is 18.4. The van der Waals surface area contributed by atoms with Crippen LogP contribution in [0.2, 0.25) is 0 Å². The molecule has 138 valence electrons. The maximum absolute atomic E-state index is 13.3. The van der Waals surface area contributed by atoms with Crippen LogP contribution in [-0.2, 0) is 11.3 Å². The lowest BCUT2D eigenvalue weighted by Crippen LogP contribution is -2.43. The van der Waals surface area contributed by atoms with Crippen molar-refractivity contribution in [3.8, 4) is 0 Å². The quantitative estimate of drug-likeness (QED) is 0.893. The SMILES string of the molecule is CC(C(=O)Nc1cccc(F)c1)N1CCCN(Cc2ccccc2)CC1. The number of hydrogen-bond acceptors (Lipinski definition) is 3. The van der Waals surface area contributed by atoms with Gasteiger partial charge in [0, 0.05) is 31.9 Å². The third kappa shape index (κ3) is 5.13. The molecule has 1 heterocycles. The molecular weight excluding hydrogens is 329 g/mol. The van der Waals surface area contributed by atoms with Crippen LogP contribution in [0.1, 0.15) is 18.9 Å². The Hall–Kier alpha value is -2.24. The van der Waals surface area contributed by atoms with Gasteiger partial charge < -0.3 is 5.32 Å². The summed E-state index contributed by atoms with van der Waals surface area (Å²) in [4.78, 5) is 17.2. The molecule has 0 bridgehead atoms. The van der Waals surface area contributed by atoms with Gasteiger partial charge in [0.15, 0.2) is 0 Å². The standard InChI is InChI=1S/C21H26FN3O/c1-17(21(26)23-20-10-5-9-19(22)15-20)25-12-6-11-24(13-14-25)16-18-7-3-2-4-8-18/h2-5,7-10,15,17H,6,11-14,16H2,1H3,(H,23,26). The molecule has 1 N–H and O–H groups in total. The molecule has 0 aliphatic carbocycles. The molecular formula is C21H26FN3O. The Morgan fingerprint density at radius 1 is 1.08 bits per heavy atom. The monoisotopic (exact) mass is 355 g/mol. The Balaban J connectivity index is 1.53. The van der Waals surface area contributed by atoms with Crippen molar-refractivity contribution in [3.05, 3.63) is 66.0 Å². The van der Waals surface area contributed by atoms with Crippen molar-refractivity contribution >= 4 is 11.6 Å². The van der Waals surface area contributed by atoms with Gasteiger partial charge in [0.1, 0.15) is 5.82 Å². The van der Waals surface area contributed by atoms with Crippen LogP contribution in [0, 0.1) is 5.82 Å². The van der Waals surface area contributed by atoms with Gasteiger partial charge in [-0.15, -0.1) is 0 Å². The highest BCUT2D eigenvalue weighted by molar-refractivity contribution is 5.94. The second-order valence-electron chi connectivity index (χ2n) is 6.83. The average Bonchev–Trinajstić information content (AvgIpc) is 2.87. The van der Waals surface area contributed by atoms with E-state index in [2.05, 4.69) is 39.4 Å². The van der Waals surface area contributed by atoms with Gasteiger partial charge >= 0.3 is 0 Å². The highest BCUT2D eigenvalue weighted by Crippen LogP contribution is 2.14. The van der Waals surface area contributed by atoms with Crippen LogP contribution in [0.4, 0.5) is 10.1 Å². The fourth-order valence-corrected chi connectivity index (χ4v) is 3.36.